The predicted molar refractivity (Wildman–Crippen MR) is 161 cm³/mol. The third-order valence-electron chi connectivity index (χ3n) is 6.78. The Labute approximate surface area is 262 Å². The van der Waals surface area contributed by atoms with Gasteiger partial charge in [-0.15, -0.1) is 0 Å². The van der Waals surface area contributed by atoms with Crippen LogP contribution in [0.2, 0.25) is 0 Å². The molecule has 2 heterocycles. The SMILES string of the molecule is FC(F)(F)c1ccc(/C=C/c2nc(COCCCCCCCCOCc3coc(/C=C/c4ccc(C(F)(F)F)cc4)n3)co2)cc1. The van der Waals surface area contributed by atoms with Crippen molar-refractivity contribution in [1.82, 2.24) is 9.97 Å². The lowest BCUT2D eigenvalue weighted by Crippen LogP contribution is -2.03. The Kier molecular flexibility index (Phi) is 12.8. The molecule has 12 heteroatoms. The molecule has 0 spiro atoms. The first kappa shape index (κ1) is 34.7. The van der Waals surface area contributed by atoms with Crippen LogP contribution in [0, 0.1) is 0 Å². The molecule has 46 heavy (non-hydrogen) atoms. The second-order valence-electron chi connectivity index (χ2n) is 10.5. The number of benzene rings is 2. The first-order valence-electron chi connectivity index (χ1n) is 14.8. The third-order valence-corrected chi connectivity index (χ3v) is 6.78. The van der Waals surface area contributed by atoms with Crippen molar-refractivity contribution in [2.45, 2.75) is 64.1 Å². The Morgan fingerprint density at radius 2 is 0.891 bits per heavy atom. The number of oxazole rings is 2. The lowest BCUT2D eigenvalue weighted by molar-refractivity contribution is -0.138. The van der Waals surface area contributed by atoms with Gasteiger partial charge in [-0.1, -0.05) is 49.9 Å². The molecule has 0 fully saturated rings. The summed E-state index contributed by atoms with van der Waals surface area (Å²) in [5.41, 5.74) is 1.10. The number of ether oxygens (including phenoxy) is 2. The average Bonchev–Trinajstić information content (AvgIpc) is 3.68. The van der Waals surface area contributed by atoms with Crippen molar-refractivity contribution in [2.24, 2.45) is 0 Å². The highest BCUT2D eigenvalue weighted by atomic mass is 19.4. The van der Waals surface area contributed by atoms with Gasteiger partial charge in [0.15, 0.2) is 0 Å². The van der Waals surface area contributed by atoms with E-state index in [1.165, 1.54) is 36.8 Å². The topological polar surface area (TPSA) is 70.5 Å². The molecule has 0 aliphatic carbocycles. The number of aromatic nitrogens is 2. The van der Waals surface area contributed by atoms with Gasteiger partial charge in [-0.3, -0.25) is 0 Å². The van der Waals surface area contributed by atoms with Crippen molar-refractivity contribution in [3.63, 3.8) is 0 Å². The molecule has 0 atom stereocenters. The number of hydrogen-bond donors (Lipinski definition) is 0. The van der Waals surface area contributed by atoms with E-state index in [2.05, 4.69) is 9.97 Å². The minimum absolute atomic E-state index is 0.317. The normalized spacial score (nSPS) is 12.6. The molecule has 0 saturated carbocycles. The van der Waals surface area contributed by atoms with Gasteiger partial charge in [0.1, 0.15) is 23.9 Å². The van der Waals surface area contributed by atoms with Crippen LogP contribution in [0.5, 0.6) is 0 Å². The van der Waals surface area contributed by atoms with Crippen molar-refractivity contribution < 1.29 is 44.7 Å². The van der Waals surface area contributed by atoms with Crippen LogP contribution in [0.15, 0.2) is 69.9 Å². The molecule has 0 saturated heterocycles. The Balaban J connectivity index is 0.988. The van der Waals surface area contributed by atoms with E-state index in [4.69, 9.17) is 18.3 Å². The summed E-state index contributed by atoms with van der Waals surface area (Å²) < 4.78 is 98.1. The van der Waals surface area contributed by atoms with Crippen molar-refractivity contribution in [3.8, 4) is 0 Å². The summed E-state index contributed by atoms with van der Waals surface area (Å²) in [7, 11) is 0. The number of unbranched alkanes of at least 4 members (excludes halogenated alkanes) is 5. The van der Waals surface area contributed by atoms with E-state index in [1.54, 1.807) is 24.3 Å². The maximum absolute atomic E-state index is 12.7. The van der Waals surface area contributed by atoms with E-state index in [0.29, 0.717) is 60.7 Å². The monoisotopic (exact) mass is 648 g/mol. The minimum atomic E-state index is -4.36. The smallest absolute Gasteiger partial charge is 0.416 e. The highest BCUT2D eigenvalue weighted by Gasteiger charge is 2.30. The van der Waals surface area contributed by atoms with E-state index < -0.39 is 23.5 Å². The molecule has 4 rings (SSSR count). The average molecular weight is 649 g/mol. The maximum Gasteiger partial charge on any atom is 0.416 e. The number of nitrogens with zero attached hydrogens (tertiary/aromatic N) is 2. The molecular formula is C34H34F6N2O4. The van der Waals surface area contributed by atoms with Crippen LogP contribution in [0.3, 0.4) is 0 Å². The number of halogens is 6. The van der Waals surface area contributed by atoms with Crippen LogP contribution in [0.1, 0.15) is 83.9 Å². The quantitative estimate of drug-likeness (QED) is 0.0838. The molecule has 2 aromatic carbocycles. The predicted octanol–water partition coefficient (Wildman–Crippen LogP) is 10.1. The highest BCUT2D eigenvalue weighted by molar-refractivity contribution is 5.66. The van der Waals surface area contributed by atoms with Crippen LogP contribution < -0.4 is 0 Å². The van der Waals surface area contributed by atoms with E-state index >= 15 is 0 Å². The van der Waals surface area contributed by atoms with E-state index in [1.807, 2.05) is 0 Å². The van der Waals surface area contributed by atoms with Crippen molar-refractivity contribution >= 4 is 24.3 Å². The zero-order valence-corrected chi connectivity index (χ0v) is 24.9. The fraction of sp³-hybridized carbons (Fsp3) is 0.353. The van der Waals surface area contributed by atoms with Gasteiger partial charge >= 0.3 is 12.4 Å². The second-order valence-corrected chi connectivity index (χ2v) is 10.5. The second kappa shape index (κ2) is 17.0. The summed E-state index contributed by atoms with van der Waals surface area (Å²) in [4.78, 5) is 8.60. The standard InChI is InChI=1S/C34H34F6N2O4/c35-33(36,37)27-13-7-25(8-14-27)11-17-31-41-29(23-45-31)21-43-19-5-3-1-2-4-6-20-44-22-30-24-46-32(42-30)18-12-26-9-15-28(16-10-26)34(38,39)40/h7-18,23-24H,1-6,19-22H2/b17-11+,18-12+. The Bertz CT molecular complexity index is 1400. The zero-order valence-electron chi connectivity index (χ0n) is 24.9. The molecule has 0 bridgehead atoms. The van der Waals surface area contributed by atoms with Crippen molar-refractivity contribution in [2.75, 3.05) is 13.2 Å². The summed E-state index contributed by atoms with van der Waals surface area (Å²) >= 11 is 0. The highest BCUT2D eigenvalue weighted by Crippen LogP contribution is 2.30. The van der Waals surface area contributed by atoms with E-state index in [0.717, 1.165) is 62.8 Å². The molecule has 0 unspecified atom stereocenters. The Morgan fingerprint density at radius 1 is 0.522 bits per heavy atom. The van der Waals surface area contributed by atoms with Crippen LogP contribution in [-0.4, -0.2) is 23.2 Å². The number of hydrogen-bond acceptors (Lipinski definition) is 6. The van der Waals surface area contributed by atoms with E-state index in [-0.39, 0.29) is 0 Å². The third kappa shape index (κ3) is 12.0. The van der Waals surface area contributed by atoms with Gasteiger partial charge in [-0.2, -0.15) is 26.3 Å². The molecule has 246 valence electrons. The Morgan fingerprint density at radius 3 is 1.26 bits per heavy atom. The molecule has 0 radical (unpaired) electrons. The number of alkyl halides is 6. The number of rotatable bonds is 17. The van der Waals surface area contributed by atoms with Gasteiger partial charge < -0.3 is 18.3 Å². The lowest BCUT2D eigenvalue weighted by Gasteiger charge is -2.05. The van der Waals surface area contributed by atoms with Crippen LogP contribution >= 0.6 is 0 Å². The zero-order chi connectivity index (χ0) is 32.8. The fourth-order valence-electron chi connectivity index (χ4n) is 4.30. The largest absolute Gasteiger partial charge is 0.445 e. The maximum atomic E-state index is 12.7. The molecule has 2 aromatic heterocycles. The van der Waals surface area contributed by atoms with Crippen molar-refractivity contribution in [1.29, 1.82) is 0 Å². The van der Waals surface area contributed by atoms with Crippen LogP contribution in [-0.2, 0) is 35.0 Å². The summed E-state index contributed by atoms with van der Waals surface area (Å²) in [5.74, 6) is 0.695. The van der Waals surface area contributed by atoms with Gasteiger partial charge in [0.05, 0.1) is 24.3 Å². The van der Waals surface area contributed by atoms with Crippen molar-refractivity contribution in [3.05, 3.63) is 106 Å². The molecule has 0 N–H and O–H groups in total. The van der Waals surface area contributed by atoms with Gasteiger partial charge in [-0.05, 0) is 60.4 Å². The molecule has 0 aliphatic rings. The van der Waals surface area contributed by atoms with Crippen LogP contribution in [0.4, 0.5) is 26.3 Å². The molecule has 0 aliphatic heterocycles. The summed E-state index contributed by atoms with van der Waals surface area (Å²) in [6.45, 7) is 1.84. The van der Waals surface area contributed by atoms with Gasteiger partial charge in [-0.25, -0.2) is 9.97 Å². The molecule has 6 nitrogen and oxygen atoms in total. The lowest BCUT2D eigenvalue weighted by atomic mass is 10.1. The summed E-state index contributed by atoms with van der Waals surface area (Å²) in [5, 5.41) is 0. The Hall–Kier alpha value is -4.16. The van der Waals surface area contributed by atoms with Gasteiger partial charge in [0, 0.05) is 25.4 Å². The molecule has 4 aromatic rings. The first-order chi connectivity index (χ1) is 22.1. The molecular weight excluding hydrogens is 614 g/mol. The first-order valence-corrected chi connectivity index (χ1v) is 14.8. The van der Waals surface area contributed by atoms with Gasteiger partial charge in [0.25, 0.3) is 0 Å². The summed E-state index contributed by atoms with van der Waals surface area (Å²) in [6, 6.07) is 9.67. The van der Waals surface area contributed by atoms with Gasteiger partial charge in [0.2, 0.25) is 11.8 Å². The molecule has 0 amide bonds. The van der Waals surface area contributed by atoms with Crippen LogP contribution in [0.25, 0.3) is 24.3 Å². The fourth-order valence-corrected chi connectivity index (χ4v) is 4.30. The van der Waals surface area contributed by atoms with E-state index in [9.17, 15) is 26.3 Å². The minimum Gasteiger partial charge on any atom is -0.445 e. The summed E-state index contributed by atoms with van der Waals surface area (Å²) in [6.07, 6.45) is 6.85.